The Labute approximate surface area is 104 Å². The fourth-order valence-corrected chi connectivity index (χ4v) is 2.59. The highest BCUT2D eigenvalue weighted by Crippen LogP contribution is 2.40. The molecule has 4 rings (SSSR count). The third kappa shape index (κ3) is 1.27. The highest BCUT2D eigenvalue weighted by molar-refractivity contribution is 5.76. The number of oxazole rings is 1. The summed E-state index contributed by atoms with van der Waals surface area (Å²) in [5.74, 6) is 1.10. The Kier molecular flexibility index (Phi) is 1.81. The lowest BCUT2D eigenvalue weighted by molar-refractivity contribution is 0.476. The second-order valence-electron chi connectivity index (χ2n) is 4.73. The van der Waals surface area contributed by atoms with Gasteiger partial charge in [0.25, 0.3) is 0 Å². The van der Waals surface area contributed by atoms with Gasteiger partial charge in [-0.05, 0) is 29.7 Å². The molecule has 1 atom stereocenters. The van der Waals surface area contributed by atoms with Crippen LogP contribution in [0.4, 0.5) is 5.69 Å². The zero-order chi connectivity index (χ0) is 12.1. The van der Waals surface area contributed by atoms with Crippen molar-refractivity contribution in [2.75, 3.05) is 5.73 Å². The fourth-order valence-electron chi connectivity index (χ4n) is 2.59. The number of nitrogens with zero attached hydrogens (tertiary/aromatic N) is 1. The van der Waals surface area contributed by atoms with E-state index in [1.807, 2.05) is 18.2 Å². The third-order valence-electron chi connectivity index (χ3n) is 3.58. The van der Waals surface area contributed by atoms with Crippen molar-refractivity contribution in [2.45, 2.75) is 12.3 Å². The van der Waals surface area contributed by atoms with E-state index in [1.54, 1.807) is 0 Å². The van der Waals surface area contributed by atoms with Crippen LogP contribution in [-0.2, 0) is 6.42 Å². The van der Waals surface area contributed by atoms with E-state index < -0.39 is 0 Å². The van der Waals surface area contributed by atoms with Gasteiger partial charge in [-0.3, -0.25) is 0 Å². The van der Waals surface area contributed by atoms with E-state index in [1.165, 1.54) is 11.1 Å². The van der Waals surface area contributed by atoms with Gasteiger partial charge in [-0.25, -0.2) is 4.98 Å². The lowest BCUT2D eigenvalue weighted by atomic mass is 9.77. The van der Waals surface area contributed by atoms with Gasteiger partial charge in [0.15, 0.2) is 5.58 Å². The Balaban J connectivity index is 1.81. The second-order valence-corrected chi connectivity index (χ2v) is 4.73. The molecule has 0 fully saturated rings. The maximum atomic E-state index is 5.82. The predicted octanol–water partition coefficient (Wildman–Crippen LogP) is 3.10. The molecule has 0 radical (unpaired) electrons. The number of nitrogen functional groups attached to an aromatic ring is 1. The zero-order valence-corrected chi connectivity index (χ0v) is 9.76. The summed E-state index contributed by atoms with van der Waals surface area (Å²) in [5.41, 5.74) is 10.8. The molecule has 0 aliphatic heterocycles. The van der Waals surface area contributed by atoms with E-state index in [-0.39, 0.29) is 0 Å². The van der Waals surface area contributed by atoms with Crippen molar-refractivity contribution in [1.29, 1.82) is 0 Å². The molecule has 2 aromatic carbocycles. The van der Waals surface area contributed by atoms with Crippen molar-refractivity contribution in [1.82, 2.24) is 4.98 Å². The van der Waals surface area contributed by atoms with Crippen molar-refractivity contribution < 1.29 is 4.42 Å². The summed E-state index contributed by atoms with van der Waals surface area (Å²) < 4.78 is 5.82. The Bertz CT molecular complexity index is 745. The van der Waals surface area contributed by atoms with Crippen molar-refractivity contribution in [3.63, 3.8) is 0 Å². The number of nitrogens with two attached hydrogens (primary N) is 1. The van der Waals surface area contributed by atoms with Gasteiger partial charge in [-0.2, -0.15) is 0 Å². The van der Waals surface area contributed by atoms with E-state index in [2.05, 4.69) is 29.2 Å². The van der Waals surface area contributed by atoms with Crippen LogP contribution in [0.2, 0.25) is 0 Å². The monoisotopic (exact) mass is 236 g/mol. The van der Waals surface area contributed by atoms with Gasteiger partial charge < -0.3 is 10.2 Å². The lowest BCUT2D eigenvalue weighted by Crippen LogP contribution is -2.18. The molecule has 2 N–H and O–H groups in total. The normalized spacial score (nSPS) is 17.4. The molecule has 0 saturated carbocycles. The third-order valence-corrected chi connectivity index (χ3v) is 3.58. The molecule has 18 heavy (non-hydrogen) atoms. The van der Waals surface area contributed by atoms with Crippen molar-refractivity contribution >= 4 is 16.8 Å². The molecule has 1 aromatic heterocycles. The van der Waals surface area contributed by atoms with Gasteiger partial charge in [0, 0.05) is 11.8 Å². The van der Waals surface area contributed by atoms with Crippen LogP contribution in [0.5, 0.6) is 0 Å². The number of hydrogen-bond acceptors (Lipinski definition) is 3. The van der Waals surface area contributed by atoms with Gasteiger partial charge in [0.05, 0.1) is 5.92 Å². The second kappa shape index (κ2) is 3.35. The van der Waals surface area contributed by atoms with Crippen LogP contribution in [0.15, 0.2) is 46.9 Å². The molecule has 3 aromatic rings. The van der Waals surface area contributed by atoms with E-state index in [4.69, 9.17) is 10.2 Å². The molecule has 3 heteroatoms. The summed E-state index contributed by atoms with van der Waals surface area (Å²) >= 11 is 0. The topological polar surface area (TPSA) is 52.0 Å². The highest BCUT2D eigenvalue weighted by atomic mass is 16.3. The van der Waals surface area contributed by atoms with E-state index >= 15 is 0 Å². The average Bonchev–Trinajstić information content (AvgIpc) is 2.73. The van der Waals surface area contributed by atoms with Crippen molar-refractivity contribution in [3.05, 3.63) is 59.5 Å². The first-order chi connectivity index (χ1) is 8.81. The summed E-state index contributed by atoms with van der Waals surface area (Å²) in [6.45, 7) is 0. The summed E-state index contributed by atoms with van der Waals surface area (Å²) in [4.78, 5) is 4.55. The first kappa shape index (κ1) is 9.71. The van der Waals surface area contributed by atoms with E-state index in [0.29, 0.717) is 11.6 Å². The zero-order valence-electron chi connectivity index (χ0n) is 9.76. The van der Waals surface area contributed by atoms with Crippen LogP contribution in [0, 0.1) is 0 Å². The summed E-state index contributed by atoms with van der Waals surface area (Å²) in [7, 11) is 0. The molecule has 1 aliphatic carbocycles. The van der Waals surface area contributed by atoms with Crippen molar-refractivity contribution in [2.24, 2.45) is 0 Å². The number of rotatable bonds is 1. The van der Waals surface area contributed by atoms with Gasteiger partial charge >= 0.3 is 0 Å². The van der Waals surface area contributed by atoms with Crippen LogP contribution >= 0.6 is 0 Å². The predicted molar refractivity (Wildman–Crippen MR) is 70.4 cm³/mol. The van der Waals surface area contributed by atoms with Crippen LogP contribution in [0.1, 0.15) is 22.9 Å². The number of benzene rings is 2. The average molecular weight is 236 g/mol. The molecule has 0 saturated heterocycles. The molecule has 3 nitrogen and oxygen atoms in total. The maximum Gasteiger partial charge on any atom is 0.203 e. The first-order valence-corrected chi connectivity index (χ1v) is 6.05. The molecule has 88 valence electrons. The highest BCUT2D eigenvalue weighted by Gasteiger charge is 2.30. The number of hydrogen-bond donors (Lipinski definition) is 1. The molecular formula is C15H12N2O. The lowest BCUT2D eigenvalue weighted by Gasteiger charge is -2.27. The number of fused-ring (bicyclic) bond motifs is 2. The van der Waals surface area contributed by atoms with E-state index in [9.17, 15) is 0 Å². The van der Waals surface area contributed by atoms with Crippen LogP contribution < -0.4 is 5.73 Å². The minimum Gasteiger partial charge on any atom is -0.440 e. The first-order valence-electron chi connectivity index (χ1n) is 6.05. The van der Waals surface area contributed by atoms with Crippen LogP contribution in [0.3, 0.4) is 0 Å². The maximum absolute atomic E-state index is 5.82. The fraction of sp³-hybridized carbons (Fsp3) is 0.133. The number of anilines is 1. The summed E-state index contributed by atoms with van der Waals surface area (Å²) in [5, 5.41) is 0. The van der Waals surface area contributed by atoms with Gasteiger partial charge in [0.1, 0.15) is 5.52 Å². The smallest absolute Gasteiger partial charge is 0.203 e. The van der Waals surface area contributed by atoms with E-state index in [0.717, 1.165) is 23.4 Å². The van der Waals surface area contributed by atoms with Crippen molar-refractivity contribution in [3.8, 4) is 0 Å². The quantitative estimate of drug-likeness (QED) is 0.660. The molecule has 1 unspecified atom stereocenters. The molecular weight excluding hydrogens is 224 g/mol. The van der Waals surface area contributed by atoms with Gasteiger partial charge in [-0.15, -0.1) is 0 Å². The Morgan fingerprint density at radius 1 is 1.17 bits per heavy atom. The minimum absolute atomic E-state index is 0.301. The standard InChI is InChI=1S/C15H12N2O/c16-10-5-6-13-14(8-10)18-15(17-13)12-7-9-3-1-2-4-11(9)12/h1-6,8,12H,7,16H2. The molecule has 0 bridgehead atoms. The molecule has 1 aliphatic rings. The van der Waals surface area contributed by atoms with Crippen LogP contribution in [0.25, 0.3) is 11.1 Å². The molecule has 1 heterocycles. The molecule has 0 amide bonds. The van der Waals surface area contributed by atoms with Gasteiger partial charge in [-0.1, -0.05) is 24.3 Å². The summed E-state index contributed by atoms with van der Waals surface area (Å²) in [6.07, 6.45) is 1.01. The SMILES string of the molecule is Nc1ccc2nc(C3Cc4ccccc43)oc2c1. The Hall–Kier alpha value is -2.29. The number of aromatic nitrogens is 1. The summed E-state index contributed by atoms with van der Waals surface area (Å²) in [6, 6.07) is 14.0. The largest absolute Gasteiger partial charge is 0.440 e. The van der Waals surface area contributed by atoms with Crippen LogP contribution in [-0.4, -0.2) is 4.98 Å². The van der Waals surface area contributed by atoms with Gasteiger partial charge in [0.2, 0.25) is 5.89 Å². The molecule has 0 spiro atoms. The Morgan fingerprint density at radius 3 is 2.94 bits per heavy atom. The Morgan fingerprint density at radius 2 is 2.06 bits per heavy atom. The minimum atomic E-state index is 0.301.